The lowest BCUT2D eigenvalue weighted by atomic mass is 10.1. The van der Waals surface area contributed by atoms with E-state index in [-0.39, 0.29) is 11.8 Å². The van der Waals surface area contributed by atoms with Crippen LogP contribution in [0.25, 0.3) is 0 Å². The van der Waals surface area contributed by atoms with Crippen molar-refractivity contribution in [3.63, 3.8) is 0 Å². The molecule has 2 aromatic carbocycles. The van der Waals surface area contributed by atoms with Gasteiger partial charge in [0.25, 0.3) is 11.8 Å². The molecule has 0 aliphatic carbocycles. The Morgan fingerprint density at radius 3 is 2.00 bits per heavy atom. The third kappa shape index (κ3) is 4.47. The summed E-state index contributed by atoms with van der Waals surface area (Å²) in [7, 11) is 3.11. The third-order valence-electron chi connectivity index (χ3n) is 4.77. The zero-order valence-electron chi connectivity index (χ0n) is 16.0. The quantitative estimate of drug-likeness (QED) is 0.721. The Labute approximate surface area is 173 Å². The van der Waals surface area contributed by atoms with Gasteiger partial charge in [-0.25, -0.2) is 0 Å². The molecular weight excluding hydrogens is 424 g/mol. The Hall–Kier alpha value is -2.54. The van der Waals surface area contributed by atoms with E-state index in [0.29, 0.717) is 48.8 Å². The first-order valence-corrected chi connectivity index (χ1v) is 9.89. The molecule has 0 unspecified atom stereocenters. The van der Waals surface area contributed by atoms with Crippen molar-refractivity contribution < 1.29 is 19.1 Å². The van der Waals surface area contributed by atoms with Crippen LogP contribution in [0.2, 0.25) is 0 Å². The summed E-state index contributed by atoms with van der Waals surface area (Å²) >= 11 is 3.40. The number of methoxy groups -OCH3 is 2. The van der Waals surface area contributed by atoms with Gasteiger partial charge >= 0.3 is 0 Å². The second kappa shape index (κ2) is 9.10. The molecule has 0 aromatic heterocycles. The van der Waals surface area contributed by atoms with Gasteiger partial charge in [0.2, 0.25) is 0 Å². The van der Waals surface area contributed by atoms with E-state index in [1.54, 1.807) is 37.3 Å². The number of rotatable bonds is 4. The van der Waals surface area contributed by atoms with Crippen LogP contribution in [0.3, 0.4) is 0 Å². The predicted octanol–water partition coefficient (Wildman–Crippen LogP) is 3.45. The summed E-state index contributed by atoms with van der Waals surface area (Å²) in [4.78, 5) is 29.3. The number of halogens is 1. The van der Waals surface area contributed by atoms with Gasteiger partial charge in [0.1, 0.15) is 0 Å². The molecule has 0 radical (unpaired) electrons. The summed E-state index contributed by atoms with van der Waals surface area (Å²) in [5.74, 6) is 1.02. The number of nitrogens with zero attached hydrogens (tertiary/aromatic N) is 2. The van der Waals surface area contributed by atoms with Crippen molar-refractivity contribution in [2.24, 2.45) is 0 Å². The minimum absolute atomic E-state index is 0.0123. The first kappa shape index (κ1) is 20.2. The van der Waals surface area contributed by atoms with Crippen LogP contribution in [0.1, 0.15) is 27.1 Å². The molecule has 0 bridgehead atoms. The highest BCUT2D eigenvalue weighted by atomic mass is 79.9. The molecule has 1 saturated heterocycles. The number of hydrogen-bond acceptors (Lipinski definition) is 4. The summed E-state index contributed by atoms with van der Waals surface area (Å²) in [6.45, 7) is 2.23. The fourth-order valence-electron chi connectivity index (χ4n) is 3.28. The van der Waals surface area contributed by atoms with Crippen LogP contribution in [0.5, 0.6) is 11.5 Å². The minimum Gasteiger partial charge on any atom is -0.493 e. The van der Waals surface area contributed by atoms with Crippen molar-refractivity contribution in [3.8, 4) is 11.5 Å². The molecule has 148 valence electrons. The van der Waals surface area contributed by atoms with E-state index < -0.39 is 0 Å². The first-order valence-electron chi connectivity index (χ1n) is 9.09. The summed E-state index contributed by atoms with van der Waals surface area (Å²) < 4.78 is 11.4. The highest BCUT2D eigenvalue weighted by molar-refractivity contribution is 9.10. The maximum Gasteiger partial charge on any atom is 0.254 e. The van der Waals surface area contributed by atoms with E-state index >= 15 is 0 Å². The Kier molecular flexibility index (Phi) is 6.57. The molecule has 28 heavy (non-hydrogen) atoms. The molecule has 0 N–H and O–H groups in total. The summed E-state index contributed by atoms with van der Waals surface area (Å²) in [6, 6.07) is 12.5. The van der Waals surface area contributed by atoms with E-state index in [2.05, 4.69) is 15.9 Å². The van der Waals surface area contributed by atoms with Crippen molar-refractivity contribution >= 4 is 27.7 Å². The Morgan fingerprint density at radius 2 is 1.43 bits per heavy atom. The zero-order chi connectivity index (χ0) is 20.1. The van der Waals surface area contributed by atoms with Crippen LogP contribution in [0, 0.1) is 0 Å². The number of amides is 2. The van der Waals surface area contributed by atoms with Crippen LogP contribution in [-0.4, -0.2) is 62.0 Å². The molecule has 0 atom stereocenters. The molecule has 1 aliphatic heterocycles. The SMILES string of the molecule is COc1ccc(C(=O)N2CCCN(C(=O)c3cccc(Br)c3)CC2)cc1OC. The molecular formula is C21H23BrN2O4. The van der Waals surface area contributed by atoms with Crippen molar-refractivity contribution in [1.82, 2.24) is 9.80 Å². The Balaban J connectivity index is 1.69. The lowest BCUT2D eigenvalue weighted by molar-refractivity contribution is 0.0718. The van der Waals surface area contributed by atoms with Gasteiger partial charge in [-0.15, -0.1) is 0 Å². The Morgan fingerprint density at radius 1 is 0.821 bits per heavy atom. The summed E-state index contributed by atoms with van der Waals surface area (Å²) in [5.41, 5.74) is 1.19. The van der Waals surface area contributed by atoms with Gasteiger partial charge in [0, 0.05) is 41.8 Å². The zero-order valence-corrected chi connectivity index (χ0v) is 17.6. The molecule has 0 spiro atoms. The topological polar surface area (TPSA) is 59.1 Å². The molecule has 0 saturated carbocycles. The van der Waals surface area contributed by atoms with Crippen LogP contribution < -0.4 is 9.47 Å². The highest BCUT2D eigenvalue weighted by Gasteiger charge is 2.24. The van der Waals surface area contributed by atoms with Gasteiger partial charge in [-0.05, 0) is 42.8 Å². The molecule has 1 aliphatic rings. The molecule has 3 rings (SSSR count). The van der Waals surface area contributed by atoms with Gasteiger partial charge in [-0.2, -0.15) is 0 Å². The third-order valence-corrected chi connectivity index (χ3v) is 5.27. The second-order valence-electron chi connectivity index (χ2n) is 6.52. The fourth-order valence-corrected chi connectivity index (χ4v) is 3.68. The molecule has 6 nitrogen and oxygen atoms in total. The van der Waals surface area contributed by atoms with Gasteiger partial charge in [-0.3, -0.25) is 9.59 Å². The number of ether oxygens (including phenoxy) is 2. The molecule has 1 heterocycles. The second-order valence-corrected chi connectivity index (χ2v) is 7.43. The summed E-state index contributed by atoms with van der Waals surface area (Å²) in [6.07, 6.45) is 0.735. The van der Waals surface area contributed by atoms with E-state index in [9.17, 15) is 9.59 Å². The predicted molar refractivity (Wildman–Crippen MR) is 110 cm³/mol. The average molecular weight is 447 g/mol. The Bertz CT molecular complexity index is 871. The van der Waals surface area contributed by atoms with E-state index in [4.69, 9.17) is 9.47 Å². The lowest BCUT2D eigenvalue weighted by Gasteiger charge is -2.22. The number of hydrogen-bond donors (Lipinski definition) is 0. The normalized spacial score (nSPS) is 14.4. The van der Waals surface area contributed by atoms with Crippen LogP contribution in [0.4, 0.5) is 0 Å². The maximum absolute atomic E-state index is 12.9. The van der Waals surface area contributed by atoms with Crippen molar-refractivity contribution in [1.29, 1.82) is 0 Å². The van der Waals surface area contributed by atoms with Gasteiger partial charge in [0.15, 0.2) is 11.5 Å². The standard InChI is InChI=1S/C21H23BrN2O4/c1-27-18-8-7-16(14-19(18)28-2)21(26)24-10-4-9-23(11-12-24)20(25)15-5-3-6-17(22)13-15/h3,5-8,13-14H,4,9-12H2,1-2H3. The largest absolute Gasteiger partial charge is 0.493 e. The van der Waals surface area contributed by atoms with Crippen LogP contribution in [-0.2, 0) is 0 Å². The highest BCUT2D eigenvalue weighted by Crippen LogP contribution is 2.28. The molecule has 7 heteroatoms. The van der Waals surface area contributed by atoms with Crippen LogP contribution >= 0.6 is 15.9 Å². The minimum atomic E-state index is -0.0716. The number of benzene rings is 2. The van der Waals surface area contributed by atoms with E-state index in [1.807, 2.05) is 29.2 Å². The number of carbonyl (C=O) groups is 2. The smallest absolute Gasteiger partial charge is 0.254 e. The van der Waals surface area contributed by atoms with Crippen molar-refractivity contribution in [3.05, 3.63) is 58.1 Å². The monoisotopic (exact) mass is 446 g/mol. The molecule has 1 fully saturated rings. The van der Waals surface area contributed by atoms with Gasteiger partial charge in [0.05, 0.1) is 14.2 Å². The van der Waals surface area contributed by atoms with Crippen LogP contribution in [0.15, 0.2) is 46.9 Å². The maximum atomic E-state index is 12.9. The molecule has 2 amide bonds. The average Bonchev–Trinajstić information content (AvgIpc) is 2.98. The number of carbonyl (C=O) groups excluding carboxylic acids is 2. The van der Waals surface area contributed by atoms with E-state index in [0.717, 1.165) is 10.9 Å². The summed E-state index contributed by atoms with van der Waals surface area (Å²) in [5, 5.41) is 0. The van der Waals surface area contributed by atoms with Gasteiger partial charge in [-0.1, -0.05) is 22.0 Å². The lowest BCUT2D eigenvalue weighted by Crippen LogP contribution is -2.37. The fraction of sp³-hybridized carbons (Fsp3) is 0.333. The first-order chi connectivity index (χ1) is 13.5. The van der Waals surface area contributed by atoms with E-state index in [1.165, 1.54) is 0 Å². The molecule has 2 aromatic rings. The van der Waals surface area contributed by atoms with Crippen molar-refractivity contribution in [2.75, 3.05) is 40.4 Å². The van der Waals surface area contributed by atoms with Crippen molar-refractivity contribution in [2.45, 2.75) is 6.42 Å². The van der Waals surface area contributed by atoms with Gasteiger partial charge < -0.3 is 19.3 Å².